The second-order valence-electron chi connectivity index (χ2n) is 18.2. The summed E-state index contributed by atoms with van der Waals surface area (Å²) in [6, 6.07) is 81.6. The van der Waals surface area contributed by atoms with Crippen LogP contribution in [0, 0.1) is 0 Å². The van der Waals surface area contributed by atoms with Gasteiger partial charge in [0.2, 0.25) is 0 Å². The number of nitrogens with one attached hydrogen (secondary N) is 2. The SMILES string of the molecule is C(/CNC1CCC(c2ccccc2)CC1)=C(\c1cccnc1)c1cc(NC(c2ccccc2)(c2ccccc2)c2ccccc2)nc2c1nnn2C(c1ccccc1)(c1ccccc1)c1ccccc1. The van der Waals surface area contributed by atoms with Gasteiger partial charge in [0.05, 0.1) is 0 Å². The van der Waals surface area contributed by atoms with Crippen molar-refractivity contribution < 1.29 is 0 Å². The van der Waals surface area contributed by atoms with Gasteiger partial charge in [0, 0.05) is 36.1 Å². The summed E-state index contributed by atoms with van der Waals surface area (Å²) in [5.41, 5.74) is 10.1. The van der Waals surface area contributed by atoms with Crippen molar-refractivity contribution in [3.8, 4) is 0 Å². The number of aromatic nitrogens is 5. The van der Waals surface area contributed by atoms with E-state index in [0.29, 0.717) is 35.5 Å². The van der Waals surface area contributed by atoms with E-state index in [4.69, 9.17) is 15.3 Å². The average molecular weight is 910 g/mol. The lowest BCUT2D eigenvalue weighted by Crippen LogP contribution is -2.39. The first-order valence-electron chi connectivity index (χ1n) is 24.5. The number of fused-ring (bicyclic) bond motifs is 1. The van der Waals surface area contributed by atoms with Crippen LogP contribution in [0.1, 0.15) is 81.7 Å². The molecule has 342 valence electrons. The first-order valence-corrected chi connectivity index (χ1v) is 24.5. The third-order valence-electron chi connectivity index (χ3n) is 14.2. The molecule has 3 aromatic heterocycles. The first-order chi connectivity index (χ1) is 34.7. The maximum atomic E-state index is 5.73. The molecule has 0 spiro atoms. The van der Waals surface area contributed by atoms with Gasteiger partial charge in [-0.3, -0.25) is 4.98 Å². The molecule has 1 aliphatic carbocycles. The summed E-state index contributed by atoms with van der Waals surface area (Å²) in [5, 5.41) is 18.6. The normalized spacial score (nSPS) is 15.4. The smallest absolute Gasteiger partial charge is 0.182 e. The lowest BCUT2D eigenvalue weighted by molar-refractivity contribution is 0.351. The number of hydrogen-bond acceptors (Lipinski definition) is 6. The predicted molar refractivity (Wildman–Crippen MR) is 284 cm³/mol. The predicted octanol–water partition coefficient (Wildman–Crippen LogP) is 13.2. The monoisotopic (exact) mass is 909 g/mol. The Hall–Kier alpha value is -8.26. The molecule has 2 N–H and O–H groups in total. The van der Waals surface area contributed by atoms with Crippen LogP contribution in [0.15, 0.2) is 249 Å². The zero-order valence-electron chi connectivity index (χ0n) is 39.1. The molecular weight excluding hydrogens is 855 g/mol. The summed E-state index contributed by atoms with van der Waals surface area (Å²) in [6.07, 6.45) is 10.7. The summed E-state index contributed by atoms with van der Waals surface area (Å²) < 4.78 is 2.05. The fourth-order valence-electron chi connectivity index (χ4n) is 10.9. The highest BCUT2D eigenvalue weighted by atomic mass is 15.5. The Morgan fingerprint density at radius 2 is 1.01 bits per heavy atom. The van der Waals surface area contributed by atoms with Crippen LogP contribution < -0.4 is 10.6 Å². The molecule has 1 fully saturated rings. The van der Waals surface area contributed by atoms with Gasteiger partial charge in [0.1, 0.15) is 22.4 Å². The highest BCUT2D eigenvalue weighted by molar-refractivity contribution is 5.94. The summed E-state index contributed by atoms with van der Waals surface area (Å²) in [6.45, 7) is 0.662. The molecule has 7 aromatic carbocycles. The zero-order valence-corrected chi connectivity index (χ0v) is 39.1. The van der Waals surface area contributed by atoms with Gasteiger partial charge in [-0.15, -0.1) is 5.10 Å². The maximum absolute atomic E-state index is 5.73. The van der Waals surface area contributed by atoms with Crippen molar-refractivity contribution in [2.75, 3.05) is 11.9 Å². The minimum absolute atomic E-state index is 0.411. The van der Waals surface area contributed by atoms with Crippen molar-refractivity contribution in [1.29, 1.82) is 0 Å². The molecule has 0 bridgehead atoms. The van der Waals surface area contributed by atoms with Gasteiger partial charge >= 0.3 is 0 Å². The second kappa shape index (κ2) is 20.1. The lowest BCUT2D eigenvalue weighted by atomic mass is 9.77. The van der Waals surface area contributed by atoms with Gasteiger partial charge < -0.3 is 10.6 Å². The van der Waals surface area contributed by atoms with E-state index in [0.717, 1.165) is 62.9 Å². The van der Waals surface area contributed by atoms with Crippen LogP contribution in [-0.2, 0) is 11.1 Å². The number of pyridine rings is 2. The van der Waals surface area contributed by atoms with E-state index in [1.54, 1.807) is 0 Å². The summed E-state index contributed by atoms with van der Waals surface area (Å²) in [4.78, 5) is 10.4. The van der Waals surface area contributed by atoms with Crippen molar-refractivity contribution in [3.05, 3.63) is 299 Å². The van der Waals surface area contributed by atoms with Crippen molar-refractivity contribution >= 4 is 22.6 Å². The molecule has 70 heavy (non-hydrogen) atoms. The quantitative estimate of drug-likeness (QED) is 0.0998. The van der Waals surface area contributed by atoms with E-state index in [1.165, 1.54) is 18.4 Å². The molecule has 1 aliphatic rings. The minimum Gasteiger partial charge on any atom is -0.353 e. The van der Waals surface area contributed by atoms with E-state index < -0.39 is 11.1 Å². The molecule has 0 unspecified atom stereocenters. The molecule has 0 saturated heterocycles. The fourth-order valence-corrected chi connectivity index (χ4v) is 10.9. The van der Waals surface area contributed by atoms with Gasteiger partial charge in [0.15, 0.2) is 5.65 Å². The van der Waals surface area contributed by atoms with E-state index in [2.05, 4.69) is 251 Å². The van der Waals surface area contributed by atoms with Gasteiger partial charge in [0.25, 0.3) is 0 Å². The Labute approximate surface area is 410 Å². The highest BCUT2D eigenvalue weighted by Crippen LogP contribution is 2.45. The average Bonchev–Trinajstić information content (AvgIpc) is 3.88. The molecule has 0 aliphatic heterocycles. The van der Waals surface area contributed by atoms with E-state index >= 15 is 0 Å². The van der Waals surface area contributed by atoms with Crippen LogP contribution >= 0.6 is 0 Å². The van der Waals surface area contributed by atoms with Crippen molar-refractivity contribution in [2.24, 2.45) is 0 Å². The van der Waals surface area contributed by atoms with Crippen LogP contribution in [-0.4, -0.2) is 37.5 Å². The maximum Gasteiger partial charge on any atom is 0.182 e. The number of benzene rings is 7. The minimum atomic E-state index is -0.977. The third kappa shape index (κ3) is 8.50. The van der Waals surface area contributed by atoms with E-state index in [1.807, 2.05) is 18.5 Å². The van der Waals surface area contributed by atoms with E-state index in [9.17, 15) is 0 Å². The van der Waals surface area contributed by atoms with Gasteiger partial charge in [-0.1, -0.05) is 230 Å². The van der Waals surface area contributed by atoms with E-state index in [-0.39, 0.29) is 0 Å². The van der Waals surface area contributed by atoms with Crippen LogP contribution in [0.3, 0.4) is 0 Å². The standard InChI is InChI=1S/C63H55N7/c1-8-23-47(24-9-1)48-38-40-56(41-39-48)65-44-42-57(49-25-22-43-64-46-49)58-45-59(67-62(50-26-10-2-11-27-50,51-28-12-3-13-29-51)52-30-14-4-15-31-52)66-61-60(58)68-69-70(61)63(53-32-16-5-17-33-53,54-34-18-6-19-35-54)55-36-20-7-21-37-55/h1-37,42-43,45-46,48,56,65H,38-41,44H2,(H,66,67)/b57-42-. The topological polar surface area (TPSA) is 80.6 Å². The molecule has 7 nitrogen and oxygen atoms in total. The van der Waals surface area contributed by atoms with Gasteiger partial charge in [-0.05, 0) is 88.3 Å². The van der Waals surface area contributed by atoms with Crippen LogP contribution in [0.2, 0.25) is 0 Å². The highest BCUT2D eigenvalue weighted by Gasteiger charge is 2.43. The molecule has 10 aromatic rings. The molecule has 0 amide bonds. The van der Waals surface area contributed by atoms with Gasteiger partial charge in [-0.2, -0.15) is 0 Å². The fraction of sp³-hybridized carbons (Fsp3) is 0.143. The summed E-state index contributed by atoms with van der Waals surface area (Å²) in [5.74, 6) is 1.26. The summed E-state index contributed by atoms with van der Waals surface area (Å²) in [7, 11) is 0. The van der Waals surface area contributed by atoms with Crippen LogP contribution in [0.25, 0.3) is 16.7 Å². The van der Waals surface area contributed by atoms with Crippen LogP contribution in [0.4, 0.5) is 5.82 Å². The molecule has 1 saturated carbocycles. The Morgan fingerprint density at radius 1 is 0.543 bits per heavy atom. The number of hydrogen-bond donors (Lipinski definition) is 2. The van der Waals surface area contributed by atoms with Gasteiger partial charge in [-0.25, -0.2) is 9.67 Å². The Morgan fingerprint density at radius 3 is 1.49 bits per heavy atom. The molecule has 7 heteroatoms. The number of rotatable bonds is 15. The molecule has 11 rings (SSSR count). The third-order valence-corrected chi connectivity index (χ3v) is 14.2. The summed E-state index contributed by atoms with van der Waals surface area (Å²) >= 11 is 0. The number of nitrogens with zero attached hydrogens (tertiary/aromatic N) is 5. The zero-order chi connectivity index (χ0) is 47.0. The first kappa shape index (κ1) is 44.3. The molecule has 0 radical (unpaired) electrons. The molecule has 3 heterocycles. The Bertz CT molecular complexity index is 3070. The molecular formula is C63H55N7. The van der Waals surface area contributed by atoms with Crippen molar-refractivity contribution in [1.82, 2.24) is 30.3 Å². The van der Waals surface area contributed by atoms with Crippen LogP contribution in [0.5, 0.6) is 0 Å². The number of anilines is 1. The Balaban J connectivity index is 1.14. The largest absolute Gasteiger partial charge is 0.353 e. The Kier molecular flexibility index (Phi) is 12.7. The second-order valence-corrected chi connectivity index (χ2v) is 18.2. The van der Waals surface area contributed by atoms with Crippen molar-refractivity contribution in [2.45, 2.75) is 48.7 Å². The molecule has 0 atom stereocenters. The lowest BCUT2D eigenvalue weighted by Gasteiger charge is -2.38. The van der Waals surface area contributed by atoms with Crippen molar-refractivity contribution in [3.63, 3.8) is 0 Å².